The van der Waals surface area contributed by atoms with Crippen molar-refractivity contribution in [2.75, 3.05) is 0 Å². The molecule has 0 saturated heterocycles. The smallest absolute Gasteiger partial charge is 0.363 e. The van der Waals surface area contributed by atoms with Crippen LogP contribution in [0.25, 0.3) is 6.08 Å². The number of nitrogens with zero attached hydrogens (tertiary/aromatic N) is 1. The molecule has 21 heavy (non-hydrogen) atoms. The molecule has 0 aliphatic carbocycles. The maximum absolute atomic E-state index is 11.8. The lowest BCUT2D eigenvalue weighted by Gasteiger charge is -2.15. The summed E-state index contributed by atoms with van der Waals surface area (Å²) in [6.45, 7) is 9.83. The molecule has 0 amide bonds. The number of esters is 1. The van der Waals surface area contributed by atoms with Crippen LogP contribution in [0.3, 0.4) is 0 Å². The van der Waals surface area contributed by atoms with Gasteiger partial charge in [-0.05, 0) is 37.6 Å². The summed E-state index contributed by atoms with van der Waals surface area (Å²) in [7, 11) is 0. The highest BCUT2D eigenvalue weighted by Gasteiger charge is 2.31. The predicted molar refractivity (Wildman–Crippen MR) is 83.2 cm³/mol. The van der Waals surface area contributed by atoms with E-state index in [0.29, 0.717) is 11.6 Å². The molecule has 0 spiro atoms. The molecule has 0 atom stereocenters. The average molecular weight is 287 g/mol. The second-order valence-electron chi connectivity index (χ2n) is 6.32. The predicted octanol–water partition coefficient (Wildman–Crippen LogP) is 3.82. The number of ether oxygens (including phenoxy) is 2. The van der Waals surface area contributed by atoms with Gasteiger partial charge in [0.25, 0.3) is 0 Å². The molecule has 4 nitrogen and oxygen atoms in total. The van der Waals surface area contributed by atoms with Gasteiger partial charge in [-0.15, -0.1) is 0 Å². The Labute approximate surface area is 125 Å². The third-order valence-corrected chi connectivity index (χ3v) is 2.82. The van der Waals surface area contributed by atoms with Crippen LogP contribution in [0.1, 0.15) is 40.2 Å². The fourth-order valence-corrected chi connectivity index (χ4v) is 1.80. The zero-order valence-electron chi connectivity index (χ0n) is 13.1. The summed E-state index contributed by atoms with van der Waals surface area (Å²) >= 11 is 0. The number of benzene rings is 1. The van der Waals surface area contributed by atoms with Crippen molar-refractivity contribution in [2.45, 2.75) is 40.7 Å². The second-order valence-corrected chi connectivity index (χ2v) is 6.32. The number of carbonyl (C=O) groups is 1. The Morgan fingerprint density at radius 3 is 2.29 bits per heavy atom. The number of hydrogen-bond donors (Lipinski definition) is 0. The normalized spacial score (nSPS) is 17.1. The molecule has 0 fully saturated rings. The SMILES string of the molecule is CC(C)Oc1ccc(/C=C2/N=C(C(C)(C)C)OC2=O)cc1. The van der Waals surface area contributed by atoms with Crippen LogP contribution in [0, 0.1) is 5.41 Å². The monoisotopic (exact) mass is 287 g/mol. The van der Waals surface area contributed by atoms with E-state index in [1.54, 1.807) is 6.08 Å². The molecular weight excluding hydrogens is 266 g/mol. The van der Waals surface area contributed by atoms with E-state index in [-0.39, 0.29) is 11.5 Å². The van der Waals surface area contributed by atoms with Gasteiger partial charge in [-0.25, -0.2) is 9.79 Å². The minimum Gasteiger partial charge on any atom is -0.491 e. The van der Waals surface area contributed by atoms with Crippen LogP contribution in [0.5, 0.6) is 5.75 Å². The first-order chi connectivity index (χ1) is 9.75. The van der Waals surface area contributed by atoms with E-state index in [9.17, 15) is 4.79 Å². The molecule has 2 rings (SSSR count). The highest BCUT2D eigenvalue weighted by atomic mass is 16.6. The van der Waals surface area contributed by atoms with E-state index < -0.39 is 5.97 Å². The number of rotatable bonds is 3. The van der Waals surface area contributed by atoms with Crippen molar-refractivity contribution < 1.29 is 14.3 Å². The summed E-state index contributed by atoms with van der Waals surface area (Å²) in [4.78, 5) is 16.1. The molecule has 112 valence electrons. The molecule has 1 aliphatic heterocycles. The van der Waals surface area contributed by atoms with Gasteiger partial charge in [-0.3, -0.25) is 0 Å². The molecule has 0 unspecified atom stereocenters. The maximum atomic E-state index is 11.8. The van der Waals surface area contributed by atoms with E-state index >= 15 is 0 Å². The number of cyclic esters (lactones) is 1. The van der Waals surface area contributed by atoms with Gasteiger partial charge in [0.15, 0.2) is 5.70 Å². The first-order valence-electron chi connectivity index (χ1n) is 7.05. The topological polar surface area (TPSA) is 47.9 Å². The van der Waals surface area contributed by atoms with Crippen molar-refractivity contribution in [3.05, 3.63) is 35.5 Å². The first kappa shape index (κ1) is 15.3. The Morgan fingerprint density at radius 1 is 1.19 bits per heavy atom. The Morgan fingerprint density at radius 2 is 1.81 bits per heavy atom. The fraction of sp³-hybridized carbons (Fsp3) is 0.412. The molecule has 1 heterocycles. The molecule has 0 saturated carbocycles. The van der Waals surface area contributed by atoms with Gasteiger partial charge in [0, 0.05) is 5.41 Å². The number of hydrogen-bond acceptors (Lipinski definition) is 4. The largest absolute Gasteiger partial charge is 0.491 e. The summed E-state index contributed by atoms with van der Waals surface area (Å²) in [5, 5.41) is 0. The van der Waals surface area contributed by atoms with Crippen LogP contribution in [0.15, 0.2) is 35.0 Å². The average Bonchev–Trinajstić information content (AvgIpc) is 2.73. The minimum absolute atomic E-state index is 0.137. The van der Waals surface area contributed by atoms with E-state index in [4.69, 9.17) is 9.47 Å². The Bertz CT molecular complexity index is 589. The summed E-state index contributed by atoms with van der Waals surface area (Å²) in [5.74, 6) is 0.862. The lowest BCUT2D eigenvalue weighted by molar-refractivity contribution is -0.130. The van der Waals surface area contributed by atoms with Gasteiger partial charge in [-0.1, -0.05) is 32.9 Å². The van der Waals surface area contributed by atoms with Crippen LogP contribution in [-0.2, 0) is 9.53 Å². The zero-order chi connectivity index (χ0) is 15.6. The van der Waals surface area contributed by atoms with Crippen molar-refractivity contribution in [1.82, 2.24) is 0 Å². The quantitative estimate of drug-likeness (QED) is 0.627. The van der Waals surface area contributed by atoms with Crippen molar-refractivity contribution in [3.8, 4) is 5.75 Å². The van der Waals surface area contributed by atoms with Crippen LogP contribution < -0.4 is 4.74 Å². The van der Waals surface area contributed by atoms with Gasteiger partial charge in [0.2, 0.25) is 5.90 Å². The van der Waals surface area contributed by atoms with Crippen LogP contribution >= 0.6 is 0 Å². The Kier molecular flexibility index (Phi) is 4.16. The molecular formula is C17H21NO3. The van der Waals surface area contributed by atoms with E-state index in [1.807, 2.05) is 58.9 Å². The van der Waals surface area contributed by atoms with Crippen LogP contribution in [-0.4, -0.2) is 18.0 Å². The maximum Gasteiger partial charge on any atom is 0.363 e. The van der Waals surface area contributed by atoms with E-state index in [0.717, 1.165) is 11.3 Å². The Balaban J connectivity index is 2.20. The van der Waals surface area contributed by atoms with Crippen molar-refractivity contribution in [3.63, 3.8) is 0 Å². The number of carbonyl (C=O) groups excluding carboxylic acids is 1. The summed E-state index contributed by atoms with van der Waals surface area (Å²) in [6, 6.07) is 7.54. The fourth-order valence-electron chi connectivity index (χ4n) is 1.80. The third-order valence-electron chi connectivity index (χ3n) is 2.82. The van der Waals surface area contributed by atoms with Gasteiger partial charge >= 0.3 is 5.97 Å². The van der Waals surface area contributed by atoms with Gasteiger partial charge in [-0.2, -0.15) is 0 Å². The van der Waals surface area contributed by atoms with E-state index in [2.05, 4.69) is 4.99 Å². The molecule has 0 aromatic heterocycles. The third kappa shape index (κ3) is 3.94. The van der Waals surface area contributed by atoms with Crippen molar-refractivity contribution in [2.24, 2.45) is 10.4 Å². The summed E-state index contributed by atoms with van der Waals surface area (Å²) < 4.78 is 10.8. The zero-order valence-corrected chi connectivity index (χ0v) is 13.1. The van der Waals surface area contributed by atoms with Crippen LogP contribution in [0.4, 0.5) is 0 Å². The molecule has 0 bridgehead atoms. The number of aliphatic imine (C=N–C) groups is 1. The van der Waals surface area contributed by atoms with Crippen LogP contribution in [0.2, 0.25) is 0 Å². The molecule has 1 aromatic rings. The standard InChI is InChI=1S/C17H21NO3/c1-11(2)20-13-8-6-12(7-9-13)10-14-15(19)21-16(18-14)17(3,4)5/h6-11H,1-5H3/b14-10+. The molecule has 1 aromatic carbocycles. The highest BCUT2D eigenvalue weighted by Crippen LogP contribution is 2.26. The van der Waals surface area contributed by atoms with E-state index in [1.165, 1.54) is 0 Å². The first-order valence-corrected chi connectivity index (χ1v) is 7.05. The van der Waals surface area contributed by atoms with Gasteiger partial charge in [0.05, 0.1) is 6.10 Å². The van der Waals surface area contributed by atoms with Gasteiger partial charge in [0.1, 0.15) is 5.75 Å². The lowest BCUT2D eigenvalue weighted by Crippen LogP contribution is -2.21. The molecule has 4 heteroatoms. The van der Waals surface area contributed by atoms with Crippen molar-refractivity contribution >= 4 is 17.9 Å². The summed E-state index contributed by atoms with van der Waals surface area (Å²) in [5.41, 5.74) is 0.939. The lowest BCUT2D eigenvalue weighted by atomic mass is 9.97. The molecule has 1 aliphatic rings. The summed E-state index contributed by atoms with van der Waals surface area (Å²) in [6.07, 6.45) is 1.86. The van der Waals surface area contributed by atoms with Crippen molar-refractivity contribution in [1.29, 1.82) is 0 Å². The van der Waals surface area contributed by atoms with Gasteiger partial charge < -0.3 is 9.47 Å². The highest BCUT2D eigenvalue weighted by molar-refractivity contribution is 6.08. The Hall–Kier alpha value is -2.10. The second kappa shape index (κ2) is 5.72. The minimum atomic E-state index is -0.401. The molecule has 0 N–H and O–H groups in total. The molecule has 0 radical (unpaired) electrons.